The number of hydrogen-bond acceptors (Lipinski definition) is 4. The highest BCUT2D eigenvalue weighted by atomic mass is 32.2. The van der Waals surface area contributed by atoms with Gasteiger partial charge in [-0.05, 0) is 51.2 Å². The van der Waals surface area contributed by atoms with Crippen molar-refractivity contribution in [1.82, 2.24) is 14.5 Å². The molecule has 0 aromatic heterocycles. The van der Waals surface area contributed by atoms with Crippen LogP contribution in [0.3, 0.4) is 0 Å². The smallest absolute Gasteiger partial charge is 0.321 e. The van der Waals surface area contributed by atoms with Gasteiger partial charge in [0, 0.05) is 31.9 Å². The van der Waals surface area contributed by atoms with Crippen LogP contribution in [0.2, 0.25) is 0 Å². The number of urea groups is 1. The summed E-state index contributed by atoms with van der Waals surface area (Å²) in [5.41, 5.74) is 0.592. The Morgan fingerprint density at radius 3 is 2.35 bits per heavy atom. The minimum Gasteiger partial charge on any atom is -0.325 e. The Morgan fingerprint density at radius 1 is 1.17 bits per heavy atom. The van der Waals surface area contributed by atoms with Gasteiger partial charge in [-0.1, -0.05) is 0 Å². The number of amides is 2. The Morgan fingerprint density at radius 2 is 1.78 bits per heavy atom. The number of likely N-dealkylation sites (N-methyl/N-ethyl adjacent to an activating group) is 1. The zero-order valence-electron chi connectivity index (χ0n) is 13.6. The molecule has 2 amide bonds. The first-order valence-corrected chi connectivity index (χ1v) is 9.17. The molecule has 0 spiro atoms. The maximum atomic E-state index is 12.1. The van der Waals surface area contributed by atoms with Gasteiger partial charge in [-0.25, -0.2) is 17.9 Å². The molecule has 1 aromatic rings. The molecule has 1 aliphatic rings. The third-order valence-electron chi connectivity index (χ3n) is 3.66. The third-order valence-corrected chi connectivity index (χ3v) is 5.14. The second kappa shape index (κ2) is 7.76. The standard InChI is InChI=1S/C15H24N4O3S/c1-18(2)12-9-16-23(21,22)14-7-5-13(6-8-14)17-15(20)19-10-3-4-11-19/h5-8,16H,3-4,9-12H2,1-2H3,(H,17,20). The van der Waals surface area contributed by atoms with Gasteiger partial charge in [0.1, 0.15) is 0 Å². The van der Waals surface area contributed by atoms with Gasteiger partial charge >= 0.3 is 6.03 Å². The monoisotopic (exact) mass is 340 g/mol. The molecule has 0 radical (unpaired) electrons. The first-order chi connectivity index (χ1) is 10.9. The minimum absolute atomic E-state index is 0.137. The first kappa shape index (κ1) is 17.7. The van der Waals surface area contributed by atoms with Crippen molar-refractivity contribution in [2.45, 2.75) is 17.7 Å². The van der Waals surface area contributed by atoms with Crippen molar-refractivity contribution < 1.29 is 13.2 Å². The molecule has 2 rings (SSSR count). The number of rotatable bonds is 6. The Kier molecular flexibility index (Phi) is 5.97. The molecule has 0 bridgehead atoms. The molecule has 7 nitrogen and oxygen atoms in total. The van der Waals surface area contributed by atoms with Gasteiger partial charge in [0.25, 0.3) is 0 Å². The van der Waals surface area contributed by atoms with Crippen LogP contribution in [-0.2, 0) is 10.0 Å². The molecular weight excluding hydrogens is 316 g/mol. The summed E-state index contributed by atoms with van der Waals surface area (Å²) in [4.78, 5) is 15.8. The SMILES string of the molecule is CN(C)CCNS(=O)(=O)c1ccc(NC(=O)N2CCCC2)cc1. The number of hydrogen-bond donors (Lipinski definition) is 2. The topological polar surface area (TPSA) is 81.8 Å². The van der Waals surface area contributed by atoms with E-state index in [0.29, 0.717) is 18.8 Å². The zero-order chi connectivity index (χ0) is 16.9. The molecule has 0 saturated carbocycles. The number of sulfonamides is 1. The van der Waals surface area contributed by atoms with Crippen molar-refractivity contribution in [3.8, 4) is 0 Å². The molecule has 1 heterocycles. The van der Waals surface area contributed by atoms with Crippen LogP contribution in [-0.4, -0.2) is 64.5 Å². The van der Waals surface area contributed by atoms with Gasteiger partial charge < -0.3 is 15.1 Å². The number of benzene rings is 1. The van der Waals surface area contributed by atoms with Crippen molar-refractivity contribution in [3.63, 3.8) is 0 Å². The van der Waals surface area contributed by atoms with Gasteiger partial charge in [0.05, 0.1) is 4.90 Å². The molecule has 0 aliphatic carbocycles. The first-order valence-electron chi connectivity index (χ1n) is 7.69. The van der Waals surface area contributed by atoms with E-state index in [9.17, 15) is 13.2 Å². The highest BCUT2D eigenvalue weighted by Gasteiger charge is 2.18. The van der Waals surface area contributed by atoms with Crippen molar-refractivity contribution in [2.75, 3.05) is 45.6 Å². The highest BCUT2D eigenvalue weighted by Crippen LogP contribution is 2.15. The molecular formula is C15H24N4O3S. The summed E-state index contributed by atoms with van der Waals surface area (Å²) >= 11 is 0. The normalized spacial score (nSPS) is 15.2. The van der Waals surface area contributed by atoms with Crippen LogP contribution >= 0.6 is 0 Å². The van der Waals surface area contributed by atoms with Gasteiger partial charge in [-0.2, -0.15) is 0 Å². The van der Waals surface area contributed by atoms with Crippen molar-refractivity contribution in [1.29, 1.82) is 0 Å². The van der Waals surface area contributed by atoms with Gasteiger partial charge in [0.15, 0.2) is 0 Å². The Bertz CT molecular complexity index is 623. The van der Waals surface area contributed by atoms with Crippen LogP contribution in [0.1, 0.15) is 12.8 Å². The van der Waals surface area contributed by atoms with E-state index in [1.807, 2.05) is 19.0 Å². The van der Waals surface area contributed by atoms with Crippen LogP contribution in [0.25, 0.3) is 0 Å². The molecule has 2 N–H and O–H groups in total. The van der Waals surface area contributed by atoms with Gasteiger partial charge in [-0.15, -0.1) is 0 Å². The van der Waals surface area contributed by atoms with Crippen LogP contribution in [0.4, 0.5) is 10.5 Å². The largest absolute Gasteiger partial charge is 0.325 e. The lowest BCUT2D eigenvalue weighted by Gasteiger charge is -2.16. The van der Waals surface area contributed by atoms with E-state index in [1.165, 1.54) is 12.1 Å². The van der Waals surface area contributed by atoms with E-state index in [0.717, 1.165) is 25.9 Å². The average Bonchev–Trinajstić information content (AvgIpc) is 3.01. The summed E-state index contributed by atoms with van der Waals surface area (Å²) in [5.74, 6) is 0. The average molecular weight is 340 g/mol. The minimum atomic E-state index is -3.52. The molecule has 1 aromatic carbocycles. The van der Waals surface area contributed by atoms with Crippen LogP contribution in [0.5, 0.6) is 0 Å². The van der Waals surface area contributed by atoms with Crippen LogP contribution in [0, 0.1) is 0 Å². The Hall–Kier alpha value is -1.64. The van der Waals surface area contributed by atoms with Crippen molar-refractivity contribution in [3.05, 3.63) is 24.3 Å². The van der Waals surface area contributed by atoms with E-state index >= 15 is 0 Å². The second-order valence-electron chi connectivity index (χ2n) is 5.85. The van der Waals surface area contributed by atoms with Gasteiger partial charge in [0.2, 0.25) is 10.0 Å². The Balaban J connectivity index is 1.94. The number of likely N-dealkylation sites (tertiary alicyclic amines) is 1. The number of anilines is 1. The third kappa shape index (κ3) is 5.19. The molecule has 1 aliphatic heterocycles. The van der Waals surface area contributed by atoms with Gasteiger partial charge in [-0.3, -0.25) is 0 Å². The van der Waals surface area contributed by atoms with E-state index in [-0.39, 0.29) is 10.9 Å². The van der Waals surface area contributed by atoms with E-state index < -0.39 is 10.0 Å². The number of carbonyl (C=O) groups excluding carboxylic acids is 1. The summed E-state index contributed by atoms with van der Waals surface area (Å²) in [7, 11) is 0.246. The van der Waals surface area contributed by atoms with Crippen molar-refractivity contribution in [2.24, 2.45) is 0 Å². The lowest BCUT2D eigenvalue weighted by molar-refractivity contribution is 0.222. The maximum Gasteiger partial charge on any atom is 0.321 e. The molecule has 128 valence electrons. The van der Waals surface area contributed by atoms with E-state index in [1.54, 1.807) is 17.0 Å². The molecule has 8 heteroatoms. The fourth-order valence-electron chi connectivity index (χ4n) is 2.33. The Labute approximate surface area is 137 Å². The molecule has 1 fully saturated rings. The molecule has 0 unspecified atom stereocenters. The van der Waals surface area contributed by atoms with E-state index in [4.69, 9.17) is 0 Å². The fourth-order valence-corrected chi connectivity index (χ4v) is 3.35. The highest BCUT2D eigenvalue weighted by molar-refractivity contribution is 7.89. The number of nitrogens with one attached hydrogen (secondary N) is 2. The molecule has 0 atom stereocenters. The fraction of sp³-hybridized carbons (Fsp3) is 0.533. The van der Waals surface area contributed by atoms with Crippen LogP contribution in [0.15, 0.2) is 29.2 Å². The van der Waals surface area contributed by atoms with Crippen molar-refractivity contribution >= 4 is 21.7 Å². The lowest BCUT2D eigenvalue weighted by atomic mass is 10.3. The van der Waals surface area contributed by atoms with Crippen LogP contribution < -0.4 is 10.0 Å². The summed E-state index contributed by atoms with van der Waals surface area (Å²) in [6.45, 7) is 2.52. The maximum absolute atomic E-state index is 12.1. The molecule has 23 heavy (non-hydrogen) atoms. The number of nitrogens with zero attached hydrogens (tertiary/aromatic N) is 2. The quantitative estimate of drug-likeness (QED) is 0.814. The lowest BCUT2D eigenvalue weighted by Crippen LogP contribution is -2.32. The summed E-state index contributed by atoms with van der Waals surface area (Å²) < 4.78 is 26.8. The predicted molar refractivity (Wildman–Crippen MR) is 90.0 cm³/mol. The van der Waals surface area contributed by atoms with E-state index in [2.05, 4.69) is 10.0 Å². The second-order valence-corrected chi connectivity index (χ2v) is 7.62. The zero-order valence-corrected chi connectivity index (χ0v) is 14.4. The predicted octanol–water partition coefficient (Wildman–Crippen LogP) is 1.15. The number of carbonyl (C=O) groups is 1. The summed E-state index contributed by atoms with van der Waals surface area (Å²) in [6.07, 6.45) is 2.06. The summed E-state index contributed by atoms with van der Waals surface area (Å²) in [5, 5.41) is 2.79. The summed E-state index contributed by atoms with van der Waals surface area (Å²) in [6, 6.07) is 6.07. The molecule has 1 saturated heterocycles.